The third-order valence-corrected chi connectivity index (χ3v) is 3.01. The number of piperidine rings is 1. The van der Waals surface area contributed by atoms with Crippen LogP contribution in [0, 0.1) is 17.8 Å². The molecular weight excluding hydrogens is 232 g/mol. The van der Waals surface area contributed by atoms with Gasteiger partial charge in [0, 0.05) is 0 Å². The smallest absolute Gasteiger partial charge is 0.659 e. The molecule has 1 nitrogen and oxygen atoms in total. The first kappa shape index (κ1) is 14.8. The number of rotatable bonds is 2. The van der Waals surface area contributed by atoms with Crippen molar-refractivity contribution in [1.82, 2.24) is 0 Å². The number of nitrogens with zero attached hydrogens (tertiary/aromatic N) is 1. The second-order valence-electron chi connectivity index (χ2n) is 4.69. The van der Waals surface area contributed by atoms with Crippen LogP contribution >= 0.6 is 0 Å². The minimum Gasteiger partial charge on any atom is -0.659 e. The zero-order valence-electron chi connectivity index (χ0n) is 9.88. The van der Waals surface area contributed by atoms with Crippen LogP contribution in [-0.2, 0) is 0 Å². The second kappa shape index (κ2) is 7.11. The van der Waals surface area contributed by atoms with Gasteiger partial charge in [0.15, 0.2) is 0 Å². The number of hydrogen-bond acceptors (Lipinski definition) is 0. The van der Waals surface area contributed by atoms with Gasteiger partial charge in [-0.1, -0.05) is 52.4 Å². The van der Waals surface area contributed by atoms with Crippen LogP contribution in [0.15, 0.2) is 0 Å². The molecule has 2 atom stereocenters. The SMILES string of the molecule is CC(C)C1CCC[N-]C1C(C)C.[Rb+]. The molecule has 0 bridgehead atoms. The van der Waals surface area contributed by atoms with E-state index in [1.54, 1.807) is 0 Å². The Morgan fingerprint density at radius 2 is 1.69 bits per heavy atom. The Morgan fingerprint density at radius 1 is 1.08 bits per heavy atom. The molecule has 0 aromatic heterocycles. The van der Waals surface area contributed by atoms with Crippen LogP contribution in [0.25, 0.3) is 5.32 Å². The fraction of sp³-hybridized carbons (Fsp3) is 1.00. The van der Waals surface area contributed by atoms with Crippen LogP contribution in [-0.4, -0.2) is 12.6 Å². The molecule has 0 aliphatic carbocycles. The van der Waals surface area contributed by atoms with E-state index in [1.807, 2.05) is 0 Å². The average Bonchev–Trinajstić information content (AvgIpc) is 2.04. The van der Waals surface area contributed by atoms with Crippen molar-refractivity contribution in [2.45, 2.75) is 46.6 Å². The molecule has 1 aliphatic rings. The van der Waals surface area contributed by atoms with Crippen molar-refractivity contribution in [1.29, 1.82) is 0 Å². The normalized spacial score (nSPS) is 29.1. The topological polar surface area (TPSA) is 14.1 Å². The largest absolute Gasteiger partial charge is 1.00 e. The van der Waals surface area contributed by atoms with E-state index in [1.165, 1.54) is 12.8 Å². The minimum absolute atomic E-state index is 0. The van der Waals surface area contributed by atoms with Gasteiger partial charge in [-0.25, -0.2) is 0 Å². The molecule has 0 amide bonds. The van der Waals surface area contributed by atoms with E-state index in [9.17, 15) is 0 Å². The molecule has 2 unspecified atom stereocenters. The van der Waals surface area contributed by atoms with Gasteiger partial charge in [0.25, 0.3) is 0 Å². The molecule has 0 aromatic rings. The Balaban J connectivity index is 0.00000144. The predicted molar refractivity (Wildman–Crippen MR) is 54.4 cm³/mol. The molecule has 72 valence electrons. The van der Waals surface area contributed by atoms with Gasteiger partial charge in [0.05, 0.1) is 0 Å². The molecule has 1 fully saturated rings. The summed E-state index contributed by atoms with van der Waals surface area (Å²) < 4.78 is 0. The van der Waals surface area contributed by atoms with Crippen molar-refractivity contribution in [3.63, 3.8) is 0 Å². The van der Waals surface area contributed by atoms with E-state index in [4.69, 9.17) is 5.32 Å². The maximum absolute atomic E-state index is 4.73. The van der Waals surface area contributed by atoms with Gasteiger partial charge < -0.3 is 5.32 Å². The molecular formula is C11H22NRb. The van der Waals surface area contributed by atoms with Crippen molar-refractivity contribution < 1.29 is 58.2 Å². The molecule has 0 spiro atoms. The fourth-order valence-electron chi connectivity index (χ4n) is 2.31. The van der Waals surface area contributed by atoms with E-state index in [2.05, 4.69) is 27.7 Å². The van der Waals surface area contributed by atoms with E-state index in [0.717, 1.165) is 24.3 Å². The van der Waals surface area contributed by atoms with Gasteiger partial charge >= 0.3 is 58.2 Å². The molecule has 1 heterocycles. The second-order valence-corrected chi connectivity index (χ2v) is 4.69. The Morgan fingerprint density at radius 3 is 2.08 bits per heavy atom. The Bertz CT molecular complexity index is 118. The van der Waals surface area contributed by atoms with E-state index in [0.29, 0.717) is 6.04 Å². The minimum atomic E-state index is 0. The van der Waals surface area contributed by atoms with E-state index >= 15 is 0 Å². The molecule has 0 radical (unpaired) electrons. The summed E-state index contributed by atoms with van der Waals surface area (Å²) in [5, 5.41) is 4.73. The van der Waals surface area contributed by atoms with Gasteiger partial charge in [-0.3, -0.25) is 0 Å². The van der Waals surface area contributed by atoms with Crippen molar-refractivity contribution in [2.75, 3.05) is 6.54 Å². The first-order valence-corrected chi connectivity index (χ1v) is 5.29. The van der Waals surface area contributed by atoms with Gasteiger partial charge in [0.1, 0.15) is 0 Å². The molecule has 0 N–H and O–H groups in total. The van der Waals surface area contributed by atoms with Crippen LogP contribution in [0.1, 0.15) is 40.5 Å². The van der Waals surface area contributed by atoms with Gasteiger partial charge in [-0.05, 0) is 5.92 Å². The summed E-state index contributed by atoms with van der Waals surface area (Å²) in [6, 6.07) is 0.638. The summed E-state index contributed by atoms with van der Waals surface area (Å²) in [6.07, 6.45) is 2.70. The monoisotopic (exact) mass is 253 g/mol. The maximum Gasteiger partial charge on any atom is 1.00 e. The zero-order chi connectivity index (χ0) is 9.14. The summed E-state index contributed by atoms with van der Waals surface area (Å²) in [5.41, 5.74) is 0. The third kappa shape index (κ3) is 4.42. The first-order chi connectivity index (χ1) is 5.63. The van der Waals surface area contributed by atoms with Crippen molar-refractivity contribution in [3.8, 4) is 0 Å². The summed E-state index contributed by atoms with van der Waals surface area (Å²) in [4.78, 5) is 0. The average molecular weight is 254 g/mol. The van der Waals surface area contributed by atoms with Crippen LogP contribution in [0.2, 0.25) is 0 Å². The van der Waals surface area contributed by atoms with Gasteiger partial charge in [0.2, 0.25) is 0 Å². The standard InChI is InChI=1S/C11H22N.Rb/c1-8(2)10-6-5-7-12-11(10)9(3)4;/h8-11H,5-7H2,1-4H3;/q-1;+1. The summed E-state index contributed by atoms with van der Waals surface area (Å²) in [7, 11) is 0. The summed E-state index contributed by atoms with van der Waals surface area (Å²) >= 11 is 0. The zero-order valence-corrected chi connectivity index (χ0v) is 14.8. The van der Waals surface area contributed by atoms with E-state index in [-0.39, 0.29) is 58.2 Å². The quantitative estimate of drug-likeness (QED) is 0.679. The molecule has 0 aromatic carbocycles. The van der Waals surface area contributed by atoms with Gasteiger partial charge in [-0.15, -0.1) is 12.6 Å². The summed E-state index contributed by atoms with van der Waals surface area (Å²) in [6.45, 7) is 10.4. The molecule has 13 heavy (non-hydrogen) atoms. The van der Waals surface area contributed by atoms with Crippen LogP contribution in [0.4, 0.5) is 0 Å². The Labute approximate surface area is 132 Å². The Hall–Kier alpha value is 1.77. The third-order valence-electron chi connectivity index (χ3n) is 3.01. The van der Waals surface area contributed by atoms with Crippen molar-refractivity contribution in [2.24, 2.45) is 17.8 Å². The van der Waals surface area contributed by atoms with Crippen molar-refractivity contribution >= 4 is 0 Å². The Kier molecular flexibility index (Phi) is 8.07. The molecule has 2 heteroatoms. The maximum atomic E-state index is 4.73. The van der Waals surface area contributed by atoms with Crippen LogP contribution in [0.5, 0.6) is 0 Å². The predicted octanol–water partition coefficient (Wildman–Crippen LogP) is 0.455. The molecule has 1 saturated heterocycles. The van der Waals surface area contributed by atoms with E-state index < -0.39 is 0 Å². The number of hydrogen-bond donors (Lipinski definition) is 0. The molecule has 1 aliphatic heterocycles. The van der Waals surface area contributed by atoms with Crippen LogP contribution < -0.4 is 58.2 Å². The van der Waals surface area contributed by atoms with Gasteiger partial charge in [-0.2, -0.15) is 0 Å². The first-order valence-electron chi connectivity index (χ1n) is 5.29. The fourth-order valence-corrected chi connectivity index (χ4v) is 2.31. The van der Waals surface area contributed by atoms with Crippen LogP contribution in [0.3, 0.4) is 0 Å². The molecule has 1 rings (SSSR count). The molecule has 0 saturated carbocycles. The van der Waals surface area contributed by atoms with Crippen molar-refractivity contribution in [3.05, 3.63) is 5.32 Å². The summed E-state index contributed by atoms with van der Waals surface area (Å²) in [5.74, 6) is 2.39.